The summed E-state index contributed by atoms with van der Waals surface area (Å²) in [7, 11) is 0. The predicted molar refractivity (Wildman–Crippen MR) is 76.2 cm³/mol. The maximum atomic E-state index is 11.6. The Hall–Kier alpha value is -2.54. The summed E-state index contributed by atoms with van der Waals surface area (Å²) >= 11 is 0. The number of H-pyrrole nitrogens is 1. The molecule has 7 heteroatoms. The Morgan fingerprint density at radius 1 is 1.40 bits per heavy atom. The number of nitrogens with zero attached hydrogens (tertiary/aromatic N) is 1. The van der Waals surface area contributed by atoms with Gasteiger partial charge in [-0.25, -0.2) is 4.98 Å². The van der Waals surface area contributed by atoms with E-state index in [2.05, 4.69) is 9.97 Å². The second-order valence-electron chi connectivity index (χ2n) is 4.14. The molecule has 0 aliphatic rings. The molecule has 0 unspecified atom stereocenters. The fourth-order valence-electron chi connectivity index (χ4n) is 1.76. The largest absolute Gasteiger partial charge is 0.493 e. The number of nitrogen functional groups attached to an aromatic ring is 2. The maximum absolute atomic E-state index is 11.6. The van der Waals surface area contributed by atoms with Crippen LogP contribution in [0, 0.1) is 0 Å². The Balaban J connectivity index is 2.59. The first-order valence-electron chi connectivity index (χ1n) is 6.09. The molecule has 6 N–H and O–H groups in total. The number of hydrogen-bond donors (Lipinski definition) is 4. The fraction of sp³-hybridized carbons (Fsp3) is 0.231. The van der Waals surface area contributed by atoms with E-state index < -0.39 is 5.56 Å². The van der Waals surface area contributed by atoms with Crippen LogP contribution < -0.4 is 21.8 Å². The maximum Gasteiger partial charge on any atom is 0.276 e. The van der Waals surface area contributed by atoms with Crippen LogP contribution in [0.15, 0.2) is 23.0 Å². The Labute approximate surface area is 115 Å². The Kier molecular flexibility index (Phi) is 3.90. The van der Waals surface area contributed by atoms with Crippen LogP contribution in [0.3, 0.4) is 0 Å². The number of aliphatic hydroxyl groups is 1. The molecule has 0 saturated carbocycles. The van der Waals surface area contributed by atoms with Crippen LogP contribution in [-0.4, -0.2) is 21.7 Å². The molecule has 0 aliphatic carbocycles. The quantitative estimate of drug-likeness (QED) is 0.643. The summed E-state index contributed by atoms with van der Waals surface area (Å²) < 4.78 is 5.50. The van der Waals surface area contributed by atoms with E-state index in [1.54, 1.807) is 18.2 Å². The van der Waals surface area contributed by atoms with Crippen molar-refractivity contribution >= 4 is 11.5 Å². The number of rotatable bonds is 4. The number of aliphatic hydroxyl groups excluding tert-OH is 1. The molecule has 0 atom stereocenters. The van der Waals surface area contributed by atoms with Gasteiger partial charge in [0.25, 0.3) is 5.56 Å². The van der Waals surface area contributed by atoms with Gasteiger partial charge in [-0.15, -0.1) is 0 Å². The van der Waals surface area contributed by atoms with E-state index in [-0.39, 0.29) is 23.9 Å². The lowest BCUT2D eigenvalue weighted by Gasteiger charge is -2.11. The molecule has 0 spiro atoms. The van der Waals surface area contributed by atoms with Crippen molar-refractivity contribution in [2.75, 3.05) is 18.1 Å². The number of ether oxygens (including phenoxy) is 1. The van der Waals surface area contributed by atoms with E-state index in [9.17, 15) is 4.79 Å². The van der Waals surface area contributed by atoms with Crippen LogP contribution in [0.25, 0.3) is 11.4 Å². The molecule has 20 heavy (non-hydrogen) atoms. The Bertz CT molecular complexity index is 682. The highest BCUT2D eigenvalue weighted by atomic mass is 16.5. The number of nitrogens with two attached hydrogens (primary N) is 2. The number of hydrogen-bond acceptors (Lipinski definition) is 6. The lowest BCUT2D eigenvalue weighted by molar-refractivity contribution is 0.280. The van der Waals surface area contributed by atoms with E-state index >= 15 is 0 Å². The van der Waals surface area contributed by atoms with E-state index in [4.69, 9.17) is 21.3 Å². The molecule has 7 nitrogen and oxygen atoms in total. The van der Waals surface area contributed by atoms with E-state index in [0.717, 1.165) is 0 Å². The summed E-state index contributed by atoms with van der Waals surface area (Å²) in [4.78, 5) is 18.3. The van der Waals surface area contributed by atoms with E-state index in [1.807, 2.05) is 6.92 Å². The molecule has 106 valence electrons. The van der Waals surface area contributed by atoms with Crippen LogP contribution >= 0.6 is 0 Å². The van der Waals surface area contributed by atoms with Crippen molar-refractivity contribution in [1.82, 2.24) is 9.97 Å². The van der Waals surface area contributed by atoms with Crippen molar-refractivity contribution in [3.8, 4) is 17.1 Å². The van der Waals surface area contributed by atoms with Crippen LogP contribution in [0.2, 0.25) is 0 Å². The van der Waals surface area contributed by atoms with Crippen molar-refractivity contribution in [3.05, 3.63) is 34.1 Å². The lowest BCUT2D eigenvalue weighted by Crippen LogP contribution is -2.17. The Morgan fingerprint density at radius 3 is 2.75 bits per heavy atom. The van der Waals surface area contributed by atoms with Crippen LogP contribution in [0.5, 0.6) is 5.75 Å². The van der Waals surface area contributed by atoms with Gasteiger partial charge in [-0.3, -0.25) is 4.79 Å². The first-order chi connectivity index (χ1) is 9.56. The fourth-order valence-corrected chi connectivity index (χ4v) is 1.76. The van der Waals surface area contributed by atoms with E-state index in [1.165, 1.54) is 0 Å². The first-order valence-corrected chi connectivity index (χ1v) is 6.09. The number of nitrogens with one attached hydrogen (secondary N) is 1. The third-order valence-corrected chi connectivity index (χ3v) is 2.77. The summed E-state index contributed by atoms with van der Waals surface area (Å²) in [5, 5.41) is 9.15. The number of aromatic nitrogens is 2. The zero-order valence-corrected chi connectivity index (χ0v) is 11.0. The first kappa shape index (κ1) is 13.9. The minimum Gasteiger partial charge on any atom is -0.493 e. The molecule has 0 bridgehead atoms. The Morgan fingerprint density at radius 2 is 2.15 bits per heavy atom. The van der Waals surface area contributed by atoms with Crippen molar-refractivity contribution < 1.29 is 9.84 Å². The van der Waals surface area contributed by atoms with Gasteiger partial charge in [0.15, 0.2) is 5.82 Å². The summed E-state index contributed by atoms with van der Waals surface area (Å²) in [6.45, 7) is 2.17. The minimum absolute atomic E-state index is 0.0302. The molecular weight excluding hydrogens is 260 g/mol. The van der Waals surface area contributed by atoms with Gasteiger partial charge in [-0.1, -0.05) is 6.07 Å². The number of aromatic amines is 1. The SMILES string of the molecule is CCOc1cc(CO)ccc1-c1nc(N)c(N)c(=O)[nH]1. The summed E-state index contributed by atoms with van der Waals surface area (Å²) in [6, 6.07) is 5.10. The standard InChI is InChI=1S/C13H16N4O3/c1-2-20-9-5-7(6-18)3-4-8(9)12-16-11(15)10(14)13(19)17-12/h3-5,18H,2,6,14H2,1H3,(H3,15,16,17,19). The molecular formula is C13H16N4O3. The molecule has 1 aromatic heterocycles. The van der Waals surface area contributed by atoms with Gasteiger partial charge in [0.1, 0.15) is 17.3 Å². The molecule has 0 aliphatic heterocycles. The van der Waals surface area contributed by atoms with Gasteiger partial charge in [0.05, 0.1) is 18.8 Å². The molecule has 2 aromatic rings. The normalized spacial score (nSPS) is 10.5. The van der Waals surface area contributed by atoms with E-state index in [0.29, 0.717) is 23.5 Å². The zero-order valence-electron chi connectivity index (χ0n) is 11.0. The molecule has 1 heterocycles. The van der Waals surface area contributed by atoms with Gasteiger partial charge in [0.2, 0.25) is 0 Å². The summed E-state index contributed by atoms with van der Waals surface area (Å²) in [5.74, 6) is 0.749. The zero-order chi connectivity index (χ0) is 14.7. The van der Waals surface area contributed by atoms with Crippen molar-refractivity contribution in [2.45, 2.75) is 13.5 Å². The summed E-state index contributed by atoms with van der Waals surface area (Å²) in [6.07, 6.45) is 0. The third-order valence-electron chi connectivity index (χ3n) is 2.77. The molecule has 0 saturated heterocycles. The monoisotopic (exact) mass is 276 g/mol. The smallest absolute Gasteiger partial charge is 0.276 e. The highest BCUT2D eigenvalue weighted by Gasteiger charge is 2.12. The predicted octanol–water partition coefficient (Wildman–Crippen LogP) is 0.492. The highest BCUT2D eigenvalue weighted by molar-refractivity contribution is 5.68. The molecule has 2 rings (SSSR count). The van der Waals surface area contributed by atoms with Gasteiger partial charge in [-0.2, -0.15) is 0 Å². The lowest BCUT2D eigenvalue weighted by atomic mass is 10.1. The van der Waals surface area contributed by atoms with Gasteiger partial charge >= 0.3 is 0 Å². The second kappa shape index (κ2) is 5.62. The average molecular weight is 276 g/mol. The van der Waals surface area contributed by atoms with Crippen molar-refractivity contribution in [2.24, 2.45) is 0 Å². The molecule has 0 amide bonds. The van der Waals surface area contributed by atoms with Crippen LogP contribution in [0.4, 0.5) is 11.5 Å². The highest BCUT2D eigenvalue weighted by Crippen LogP contribution is 2.29. The minimum atomic E-state index is -0.499. The van der Waals surface area contributed by atoms with Crippen molar-refractivity contribution in [1.29, 1.82) is 0 Å². The number of benzene rings is 1. The topological polar surface area (TPSA) is 127 Å². The van der Waals surface area contributed by atoms with Crippen molar-refractivity contribution in [3.63, 3.8) is 0 Å². The molecule has 1 aromatic carbocycles. The molecule has 0 fully saturated rings. The molecule has 0 radical (unpaired) electrons. The van der Waals surface area contributed by atoms with Crippen LogP contribution in [-0.2, 0) is 6.61 Å². The van der Waals surface area contributed by atoms with Crippen LogP contribution in [0.1, 0.15) is 12.5 Å². The summed E-state index contributed by atoms with van der Waals surface area (Å²) in [5.41, 5.74) is 11.7. The third kappa shape index (κ3) is 2.57. The average Bonchev–Trinajstić information content (AvgIpc) is 2.44. The van der Waals surface area contributed by atoms with Gasteiger partial charge in [0, 0.05) is 0 Å². The van der Waals surface area contributed by atoms with Gasteiger partial charge < -0.3 is 26.3 Å². The number of anilines is 2. The van der Waals surface area contributed by atoms with Gasteiger partial charge in [-0.05, 0) is 24.6 Å². The second-order valence-corrected chi connectivity index (χ2v) is 4.14.